The number of rotatable bonds is 5. The zero-order valence-electron chi connectivity index (χ0n) is 5.55. The fourth-order valence-corrected chi connectivity index (χ4v) is 0.343. The van der Waals surface area contributed by atoms with E-state index in [9.17, 15) is 0 Å². The highest BCUT2D eigenvalue weighted by Gasteiger charge is 1.69. The van der Waals surface area contributed by atoms with Crippen LogP contribution in [0.5, 0.6) is 0 Å². The van der Waals surface area contributed by atoms with E-state index in [1.165, 1.54) is 0 Å². The van der Waals surface area contributed by atoms with E-state index in [0.717, 1.165) is 6.42 Å². The first kappa shape index (κ1) is 8.02. The Morgan fingerprint density at radius 1 is 1.22 bits per heavy atom. The summed E-state index contributed by atoms with van der Waals surface area (Å²) in [7, 11) is 0. The largest absolute Gasteiger partial charge is 0.497 e. The molecule has 0 spiro atoms. The molecule has 0 aliphatic heterocycles. The summed E-state index contributed by atoms with van der Waals surface area (Å²) in [4.78, 5) is 0. The Balaban J connectivity index is 3.03. The summed E-state index contributed by atoms with van der Waals surface area (Å²) in [6.07, 6.45) is 7.93. The Morgan fingerprint density at radius 2 is 2.00 bits per heavy atom. The van der Waals surface area contributed by atoms with Gasteiger partial charge in [0.05, 0.1) is 6.26 Å². The van der Waals surface area contributed by atoms with E-state index in [1.54, 1.807) is 12.3 Å². The van der Waals surface area contributed by atoms with Gasteiger partial charge in [-0.25, -0.2) is 0 Å². The van der Waals surface area contributed by atoms with Crippen molar-refractivity contribution in [3.8, 4) is 0 Å². The molecule has 0 radical (unpaired) electrons. The van der Waals surface area contributed by atoms with Gasteiger partial charge < -0.3 is 4.74 Å². The third-order valence-corrected chi connectivity index (χ3v) is 0.709. The zero-order chi connectivity index (χ0) is 6.95. The third kappa shape index (κ3) is 7.02. The van der Waals surface area contributed by atoms with Crippen molar-refractivity contribution >= 4 is 0 Å². The van der Waals surface area contributed by atoms with Crippen LogP contribution in [0.25, 0.3) is 0 Å². The zero-order valence-corrected chi connectivity index (χ0v) is 5.55. The summed E-state index contributed by atoms with van der Waals surface area (Å²) in [5.41, 5.74) is 0. The highest BCUT2D eigenvalue weighted by molar-refractivity contribution is 4.83. The predicted molar refractivity (Wildman–Crippen MR) is 40.1 cm³/mol. The van der Waals surface area contributed by atoms with E-state index in [-0.39, 0.29) is 0 Å². The highest BCUT2D eigenvalue weighted by Crippen LogP contribution is 1.83. The minimum absolute atomic E-state index is 0.577. The van der Waals surface area contributed by atoms with E-state index in [4.69, 9.17) is 4.74 Å². The van der Waals surface area contributed by atoms with Gasteiger partial charge in [0, 0.05) is 0 Å². The van der Waals surface area contributed by atoms with Crippen molar-refractivity contribution in [2.24, 2.45) is 0 Å². The van der Waals surface area contributed by atoms with Crippen LogP contribution in [0, 0.1) is 0 Å². The van der Waals surface area contributed by atoms with E-state index >= 15 is 0 Å². The molecule has 0 N–H and O–H groups in total. The molecule has 0 fully saturated rings. The number of hydrogen-bond acceptors (Lipinski definition) is 1. The van der Waals surface area contributed by atoms with Crippen molar-refractivity contribution in [1.82, 2.24) is 0 Å². The van der Waals surface area contributed by atoms with Gasteiger partial charge in [-0.15, -0.1) is 6.58 Å². The molecule has 0 saturated carbocycles. The Labute approximate surface area is 56.3 Å². The van der Waals surface area contributed by atoms with Crippen LogP contribution < -0.4 is 0 Å². The molecule has 0 aromatic rings. The molecular formula is C8H12O. The fourth-order valence-electron chi connectivity index (χ4n) is 0.343. The van der Waals surface area contributed by atoms with Gasteiger partial charge in [-0.05, 0) is 12.5 Å². The second kappa shape index (κ2) is 7.02. The summed E-state index contributed by atoms with van der Waals surface area (Å²) in [6, 6.07) is 0. The van der Waals surface area contributed by atoms with Crippen molar-refractivity contribution in [3.63, 3.8) is 0 Å². The van der Waals surface area contributed by atoms with Crippen LogP contribution in [0.3, 0.4) is 0 Å². The van der Waals surface area contributed by atoms with Gasteiger partial charge in [0.15, 0.2) is 0 Å². The molecule has 0 saturated heterocycles. The van der Waals surface area contributed by atoms with Crippen LogP contribution in [0.2, 0.25) is 0 Å². The minimum Gasteiger partial charge on any atom is -0.497 e. The summed E-state index contributed by atoms with van der Waals surface area (Å²) in [5.74, 6) is 0. The Kier molecular flexibility index (Phi) is 6.26. The van der Waals surface area contributed by atoms with Crippen molar-refractivity contribution in [2.75, 3.05) is 6.61 Å². The minimum atomic E-state index is 0.577. The molecular weight excluding hydrogens is 112 g/mol. The van der Waals surface area contributed by atoms with Crippen LogP contribution in [-0.2, 0) is 4.74 Å². The normalized spacial score (nSPS) is 9.33. The van der Waals surface area contributed by atoms with Crippen LogP contribution in [-0.4, -0.2) is 6.61 Å². The maximum atomic E-state index is 4.94. The average molecular weight is 124 g/mol. The lowest BCUT2D eigenvalue weighted by Crippen LogP contribution is -1.77. The van der Waals surface area contributed by atoms with Crippen LogP contribution in [0.4, 0.5) is 0 Å². The molecule has 0 aliphatic carbocycles. The molecule has 0 aromatic heterocycles. The quantitative estimate of drug-likeness (QED) is 0.310. The van der Waals surface area contributed by atoms with E-state index < -0.39 is 0 Å². The Morgan fingerprint density at radius 3 is 2.56 bits per heavy atom. The number of ether oxygens (including phenoxy) is 1. The number of hydrogen-bond donors (Lipinski definition) is 0. The van der Waals surface area contributed by atoms with Gasteiger partial charge >= 0.3 is 0 Å². The Hall–Kier alpha value is -0.980. The lowest BCUT2D eigenvalue weighted by molar-refractivity contribution is 0.289. The molecule has 0 bridgehead atoms. The van der Waals surface area contributed by atoms with Gasteiger partial charge in [-0.2, -0.15) is 0 Å². The SMILES string of the molecule is C=CCC=COCC=C. The molecule has 0 aromatic carbocycles. The molecule has 1 nitrogen and oxygen atoms in total. The maximum absolute atomic E-state index is 4.94. The summed E-state index contributed by atoms with van der Waals surface area (Å²) >= 11 is 0. The van der Waals surface area contributed by atoms with Crippen molar-refractivity contribution < 1.29 is 4.74 Å². The van der Waals surface area contributed by atoms with Crippen molar-refractivity contribution in [1.29, 1.82) is 0 Å². The molecule has 0 rings (SSSR count). The third-order valence-electron chi connectivity index (χ3n) is 0.709. The predicted octanol–water partition coefficient (Wildman–Crippen LogP) is 2.28. The smallest absolute Gasteiger partial charge is 0.105 e. The van der Waals surface area contributed by atoms with E-state index in [0.29, 0.717) is 6.61 Å². The van der Waals surface area contributed by atoms with Crippen LogP contribution in [0.1, 0.15) is 6.42 Å². The lowest BCUT2D eigenvalue weighted by atomic mass is 10.4. The summed E-state index contributed by atoms with van der Waals surface area (Å²) in [6.45, 7) is 7.63. The van der Waals surface area contributed by atoms with Crippen molar-refractivity contribution in [3.05, 3.63) is 37.6 Å². The molecule has 0 amide bonds. The lowest BCUT2D eigenvalue weighted by Gasteiger charge is -1.90. The first-order valence-electron chi connectivity index (χ1n) is 2.90. The fraction of sp³-hybridized carbons (Fsp3) is 0.250. The average Bonchev–Trinajstić information content (AvgIpc) is 1.89. The molecule has 0 unspecified atom stereocenters. The molecule has 1 heteroatoms. The van der Waals surface area contributed by atoms with E-state index in [1.807, 2.05) is 12.2 Å². The molecule has 0 aliphatic rings. The molecule has 9 heavy (non-hydrogen) atoms. The highest BCUT2D eigenvalue weighted by atomic mass is 16.5. The number of allylic oxidation sites excluding steroid dienone is 2. The molecule has 50 valence electrons. The second-order valence-corrected chi connectivity index (χ2v) is 1.52. The van der Waals surface area contributed by atoms with Gasteiger partial charge in [0.2, 0.25) is 0 Å². The monoisotopic (exact) mass is 124 g/mol. The molecule has 0 atom stereocenters. The summed E-state index contributed by atoms with van der Waals surface area (Å²) < 4.78 is 4.94. The van der Waals surface area contributed by atoms with Gasteiger partial charge in [-0.3, -0.25) is 0 Å². The standard InChI is InChI=1S/C8H12O/c1-3-5-6-8-9-7-4-2/h3-4,6,8H,1-2,5,7H2. The molecule has 0 heterocycles. The summed E-state index contributed by atoms with van der Waals surface area (Å²) in [5, 5.41) is 0. The maximum Gasteiger partial charge on any atom is 0.105 e. The second-order valence-electron chi connectivity index (χ2n) is 1.52. The van der Waals surface area contributed by atoms with E-state index in [2.05, 4.69) is 13.2 Å². The first-order valence-corrected chi connectivity index (χ1v) is 2.90. The van der Waals surface area contributed by atoms with Gasteiger partial charge in [-0.1, -0.05) is 18.7 Å². The van der Waals surface area contributed by atoms with Crippen LogP contribution >= 0.6 is 0 Å². The van der Waals surface area contributed by atoms with Gasteiger partial charge in [0.25, 0.3) is 0 Å². The van der Waals surface area contributed by atoms with Crippen LogP contribution in [0.15, 0.2) is 37.6 Å². The topological polar surface area (TPSA) is 9.23 Å². The first-order chi connectivity index (χ1) is 4.41. The van der Waals surface area contributed by atoms with Gasteiger partial charge in [0.1, 0.15) is 6.61 Å². The Bertz CT molecular complexity index is 103. The van der Waals surface area contributed by atoms with Crippen molar-refractivity contribution in [2.45, 2.75) is 6.42 Å².